The molecular formula is C17H28N2O2. The van der Waals surface area contributed by atoms with Gasteiger partial charge >= 0.3 is 0 Å². The third-order valence-corrected chi connectivity index (χ3v) is 4.53. The number of rotatable bonds is 6. The maximum Gasteiger partial charge on any atom is 0.124 e. The maximum atomic E-state index is 6.77. The predicted octanol–water partition coefficient (Wildman–Crippen LogP) is 2.75. The Morgan fingerprint density at radius 1 is 1.14 bits per heavy atom. The third kappa shape index (κ3) is 3.69. The largest absolute Gasteiger partial charge is 0.497 e. The molecule has 4 nitrogen and oxygen atoms in total. The molecule has 0 saturated carbocycles. The normalized spacial score (nSPS) is 19.0. The number of hydrogen-bond donors (Lipinski definition) is 1. The fourth-order valence-electron chi connectivity index (χ4n) is 3.11. The van der Waals surface area contributed by atoms with E-state index in [2.05, 4.69) is 11.8 Å². The van der Waals surface area contributed by atoms with E-state index < -0.39 is 5.54 Å². The number of likely N-dealkylation sites (tertiary alicyclic amines) is 1. The van der Waals surface area contributed by atoms with Crippen LogP contribution in [0.15, 0.2) is 18.2 Å². The zero-order valence-electron chi connectivity index (χ0n) is 13.5. The molecule has 1 aromatic carbocycles. The molecule has 21 heavy (non-hydrogen) atoms. The van der Waals surface area contributed by atoms with Crippen LogP contribution in [0.2, 0.25) is 0 Å². The topological polar surface area (TPSA) is 47.7 Å². The standard InChI is InChI=1S/C17H28N2O2/c1-4-17(18,13-19-10-6-5-7-11-19)15-12-14(20-2)8-9-16(15)21-3/h8-9,12H,4-7,10-11,13,18H2,1-3H3. The van der Waals surface area contributed by atoms with Gasteiger partial charge < -0.3 is 20.1 Å². The molecule has 1 aromatic rings. The molecule has 2 N–H and O–H groups in total. The fraction of sp³-hybridized carbons (Fsp3) is 0.647. The summed E-state index contributed by atoms with van der Waals surface area (Å²) in [6, 6.07) is 5.88. The van der Waals surface area contributed by atoms with Gasteiger partial charge in [0.1, 0.15) is 11.5 Å². The predicted molar refractivity (Wildman–Crippen MR) is 86.0 cm³/mol. The monoisotopic (exact) mass is 292 g/mol. The van der Waals surface area contributed by atoms with E-state index in [1.807, 2.05) is 18.2 Å². The van der Waals surface area contributed by atoms with E-state index in [1.54, 1.807) is 14.2 Å². The van der Waals surface area contributed by atoms with Gasteiger partial charge in [-0.3, -0.25) is 0 Å². The van der Waals surface area contributed by atoms with Gasteiger partial charge in [-0.1, -0.05) is 13.3 Å². The first-order valence-corrected chi connectivity index (χ1v) is 7.86. The van der Waals surface area contributed by atoms with E-state index in [1.165, 1.54) is 19.3 Å². The van der Waals surface area contributed by atoms with E-state index in [9.17, 15) is 0 Å². The molecule has 0 spiro atoms. The number of nitrogens with two attached hydrogens (primary N) is 1. The second-order valence-corrected chi connectivity index (χ2v) is 5.91. The molecule has 1 saturated heterocycles. The zero-order chi connectivity index (χ0) is 15.3. The molecule has 1 aliphatic heterocycles. The number of hydrogen-bond acceptors (Lipinski definition) is 4. The van der Waals surface area contributed by atoms with E-state index in [4.69, 9.17) is 15.2 Å². The quantitative estimate of drug-likeness (QED) is 0.876. The molecule has 0 radical (unpaired) electrons. The van der Waals surface area contributed by atoms with Gasteiger partial charge in [-0.15, -0.1) is 0 Å². The van der Waals surface area contributed by atoms with E-state index in [-0.39, 0.29) is 0 Å². The minimum atomic E-state index is -0.406. The van der Waals surface area contributed by atoms with Crippen molar-refractivity contribution in [1.82, 2.24) is 4.90 Å². The highest BCUT2D eigenvalue weighted by atomic mass is 16.5. The smallest absolute Gasteiger partial charge is 0.124 e. The summed E-state index contributed by atoms with van der Waals surface area (Å²) >= 11 is 0. The first-order chi connectivity index (χ1) is 10.1. The van der Waals surface area contributed by atoms with Crippen LogP contribution in [0, 0.1) is 0 Å². The van der Waals surface area contributed by atoms with Gasteiger partial charge in [0.2, 0.25) is 0 Å². The zero-order valence-corrected chi connectivity index (χ0v) is 13.5. The van der Waals surface area contributed by atoms with E-state index in [0.29, 0.717) is 0 Å². The summed E-state index contributed by atoms with van der Waals surface area (Å²) in [6.45, 7) is 5.30. The second-order valence-electron chi connectivity index (χ2n) is 5.91. The van der Waals surface area contributed by atoms with Crippen LogP contribution < -0.4 is 15.2 Å². The van der Waals surface area contributed by atoms with Crippen LogP contribution in [0.3, 0.4) is 0 Å². The van der Waals surface area contributed by atoms with E-state index in [0.717, 1.165) is 43.1 Å². The summed E-state index contributed by atoms with van der Waals surface area (Å²) in [5.74, 6) is 1.67. The molecule has 0 aromatic heterocycles. The highest BCUT2D eigenvalue weighted by Crippen LogP contribution is 2.34. The second kappa shape index (κ2) is 7.14. The first kappa shape index (κ1) is 16.1. The van der Waals surface area contributed by atoms with Gasteiger partial charge in [-0.05, 0) is 50.6 Å². The Morgan fingerprint density at radius 2 is 1.86 bits per heavy atom. The Labute approximate surface area is 128 Å². The molecule has 0 amide bonds. The number of methoxy groups -OCH3 is 2. The van der Waals surface area contributed by atoms with Gasteiger partial charge in [0.15, 0.2) is 0 Å². The molecule has 4 heteroatoms. The SMILES string of the molecule is CCC(N)(CN1CCCCC1)c1cc(OC)ccc1OC. The minimum Gasteiger partial charge on any atom is -0.497 e. The average molecular weight is 292 g/mol. The average Bonchev–Trinajstić information content (AvgIpc) is 2.55. The lowest BCUT2D eigenvalue weighted by Gasteiger charge is -2.37. The summed E-state index contributed by atoms with van der Waals surface area (Å²) in [5.41, 5.74) is 7.41. The molecule has 1 atom stereocenters. The van der Waals surface area contributed by atoms with Crippen LogP contribution >= 0.6 is 0 Å². The van der Waals surface area contributed by atoms with Gasteiger partial charge in [0.05, 0.1) is 19.8 Å². The lowest BCUT2D eigenvalue weighted by molar-refractivity contribution is 0.172. The van der Waals surface area contributed by atoms with Crippen LogP contribution in [0.5, 0.6) is 11.5 Å². The summed E-state index contributed by atoms with van der Waals surface area (Å²) < 4.78 is 10.9. The van der Waals surface area contributed by atoms with Crippen molar-refractivity contribution in [3.8, 4) is 11.5 Å². The number of piperidine rings is 1. The van der Waals surface area contributed by atoms with Crippen LogP contribution in [0.4, 0.5) is 0 Å². The van der Waals surface area contributed by atoms with Crippen molar-refractivity contribution in [3.05, 3.63) is 23.8 Å². The summed E-state index contributed by atoms with van der Waals surface area (Å²) in [7, 11) is 3.38. The van der Waals surface area contributed by atoms with E-state index >= 15 is 0 Å². The molecule has 1 heterocycles. The van der Waals surface area contributed by atoms with Crippen LogP contribution in [-0.4, -0.2) is 38.8 Å². The Kier molecular flexibility index (Phi) is 5.48. The van der Waals surface area contributed by atoms with Crippen LogP contribution in [-0.2, 0) is 5.54 Å². The van der Waals surface area contributed by atoms with Crippen molar-refractivity contribution in [2.75, 3.05) is 33.9 Å². The van der Waals surface area contributed by atoms with Crippen molar-refractivity contribution in [2.45, 2.75) is 38.1 Å². The maximum absolute atomic E-state index is 6.77. The van der Waals surface area contributed by atoms with Crippen molar-refractivity contribution >= 4 is 0 Å². The molecule has 2 rings (SSSR count). The molecule has 0 aliphatic carbocycles. The highest BCUT2D eigenvalue weighted by molar-refractivity contribution is 5.44. The number of benzene rings is 1. The van der Waals surface area contributed by atoms with Crippen molar-refractivity contribution in [2.24, 2.45) is 5.73 Å². The molecule has 0 bridgehead atoms. The van der Waals surface area contributed by atoms with Gasteiger partial charge in [0, 0.05) is 12.1 Å². The Hall–Kier alpha value is -1.26. The highest BCUT2D eigenvalue weighted by Gasteiger charge is 2.32. The summed E-state index contributed by atoms with van der Waals surface area (Å²) in [4.78, 5) is 2.48. The van der Waals surface area contributed by atoms with Crippen LogP contribution in [0.1, 0.15) is 38.2 Å². The summed E-state index contributed by atoms with van der Waals surface area (Å²) in [5, 5.41) is 0. The fourth-order valence-corrected chi connectivity index (χ4v) is 3.11. The molecule has 118 valence electrons. The Balaban J connectivity index is 2.28. The van der Waals surface area contributed by atoms with Crippen molar-refractivity contribution in [1.29, 1.82) is 0 Å². The molecule has 1 aliphatic rings. The lowest BCUT2D eigenvalue weighted by Crippen LogP contribution is -2.48. The Bertz CT molecular complexity index is 458. The molecular weight excluding hydrogens is 264 g/mol. The van der Waals surface area contributed by atoms with Crippen molar-refractivity contribution in [3.63, 3.8) is 0 Å². The van der Waals surface area contributed by atoms with Gasteiger partial charge in [0.25, 0.3) is 0 Å². The number of nitrogens with zero attached hydrogens (tertiary/aromatic N) is 1. The van der Waals surface area contributed by atoms with Crippen molar-refractivity contribution < 1.29 is 9.47 Å². The first-order valence-electron chi connectivity index (χ1n) is 7.86. The summed E-state index contributed by atoms with van der Waals surface area (Å²) in [6.07, 6.45) is 4.75. The van der Waals surface area contributed by atoms with Gasteiger partial charge in [-0.25, -0.2) is 0 Å². The lowest BCUT2D eigenvalue weighted by atomic mass is 9.86. The van der Waals surface area contributed by atoms with Crippen LogP contribution in [0.25, 0.3) is 0 Å². The minimum absolute atomic E-state index is 0.406. The molecule has 1 fully saturated rings. The molecule has 1 unspecified atom stereocenters. The van der Waals surface area contributed by atoms with Gasteiger partial charge in [-0.2, -0.15) is 0 Å². The Morgan fingerprint density at radius 3 is 2.43 bits per heavy atom. The third-order valence-electron chi connectivity index (χ3n) is 4.53. The number of ether oxygens (including phenoxy) is 2.